The topological polar surface area (TPSA) is 29.1 Å². The lowest BCUT2D eigenvalue weighted by Gasteiger charge is -2.06. The third-order valence-electron chi connectivity index (χ3n) is 2.28. The quantitative estimate of drug-likeness (QED) is 0.836. The van der Waals surface area contributed by atoms with Gasteiger partial charge in [-0.05, 0) is 54.5 Å². The number of carbonyl (C=O) groups is 1. The van der Waals surface area contributed by atoms with Gasteiger partial charge in [0.1, 0.15) is 0 Å². The molecule has 3 heteroatoms. The zero-order valence-corrected chi connectivity index (χ0v) is 10.2. The first-order chi connectivity index (χ1) is 6.66. The molecule has 1 amide bonds. The number of hydrogen-bond acceptors (Lipinski definition) is 1. The second-order valence-corrected chi connectivity index (χ2v) is 4.89. The van der Waals surface area contributed by atoms with Gasteiger partial charge < -0.3 is 5.32 Å². The second kappa shape index (κ2) is 3.88. The van der Waals surface area contributed by atoms with Gasteiger partial charge in [0.15, 0.2) is 0 Å². The van der Waals surface area contributed by atoms with Crippen molar-refractivity contribution >= 4 is 28.5 Å². The summed E-state index contributed by atoms with van der Waals surface area (Å²) >= 11 is 2.20. The lowest BCUT2D eigenvalue weighted by atomic mass is 10.1. The number of carbonyl (C=O) groups excluding carboxylic acids is 1. The van der Waals surface area contributed by atoms with Crippen molar-refractivity contribution in [3.05, 3.63) is 32.9 Å². The highest BCUT2D eigenvalue weighted by Crippen LogP contribution is 2.21. The van der Waals surface area contributed by atoms with E-state index in [-0.39, 0.29) is 5.91 Å². The maximum Gasteiger partial charge on any atom is 0.252 e. The molecule has 0 atom stereocenters. The Labute approximate surface area is 97.2 Å². The summed E-state index contributed by atoms with van der Waals surface area (Å²) in [4.78, 5) is 11.8. The molecule has 0 heterocycles. The Hall–Kier alpha value is -0.580. The number of halogens is 1. The largest absolute Gasteiger partial charge is 0.349 e. The molecule has 2 nitrogen and oxygen atoms in total. The summed E-state index contributed by atoms with van der Waals surface area (Å²) in [5.74, 6) is 0.0700. The number of amides is 1. The van der Waals surface area contributed by atoms with Crippen molar-refractivity contribution < 1.29 is 4.79 Å². The number of nitrogens with one attached hydrogen (secondary N) is 1. The summed E-state index contributed by atoms with van der Waals surface area (Å²) < 4.78 is 1.02. The van der Waals surface area contributed by atoms with Gasteiger partial charge in [-0.15, -0.1) is 0 Å². The fourth-order valence-corrected chi connectivity index (χ4v) is 1.88. The molecule has 2 rings (SSSR count). The summed E-state index contributed by atoms with van der Waals surface area (Å²) in [5.41, 5.74) is 1.93. The van der Waals surface area contributed by atoms with E-state index in [1.54, 1.807) is 0 Å². The van der Waals surface area contributed by atoms with Gasteiger partial charge in [-0.25, -0.2) is 0 Å². The van der Waals surface area contributed by atoms with Crippen LogP contribution in [-0.2, 0) is 0 Å². The zero-order chi connectivity index (χ0) is 10.1. The average molecular weight is 301 g/mol. The monoisotopic (exact) mass is 301 g/mol. The van der Waals surface area contributed by atoms with Gasteiger partial charge in [-0.1, -0.05) is 11.6 Å². The summed E-state index contributed by atoms with van der Waals surface area (Å²) in [6.07, 6.45) is 2.27. The standard InChI is InChI=1S/C11H12INO/c1-7-2-5-10(12)9(6-7)11(14)13-8-3-4-8/h2,5-6,8H,3-4H2,1H3,(H,13,14). The van der Waals surface area contributed by atoms with Crippen LogP contribution in [0.3, 0.4) is 0 Å². The van der Waals surface area contributed by atoms with Gasteiger partial charge in [0.25, 0.3) is 5.91 Å². The molecule has 0 aromatic heterocycles. The molecule has 74 valence electrons. The molecule has 1 saturated carbocycles. The molecule has 1 aromatic rings. The molecule has 0 radical (unpaired) electrons. The van der Waals surface area contributed by atoms with E-state index in [1.165, 1.54) is 0 Å². The highest BCUT2D eigenvalue weighted by atomic mass is 127. The Balaban J connectivity index is 2.20. The van der Waals surface area contributed by atoms with Gasteiger partial charge in [0.2, 0.25) is 0 Å². The fourth-order valence-electron chi connectivity index (χ4n) is 1.30. The lowest BCUT2D eigenvalue weighted by molar-refractivity contribution is 0.0950. The molecule has 1 fully saturated rings. The molecule has 0 saturated heterocycles. The number of benzene rings is 1. The Bertz CT molecular complexity index is 372. The van der Waals surface area contributed by atoms with E-state index >= 15 is 0 Å². The van der Waals surface area contributed by atoms with Crippen LogP contribution in [0.5, 0.6) is 0 Å². The van der Waals surface area contributed by atoms with Crippen molar-refractivity contribution in [3.8, 4) is 0 Å². The third kappa shape index (κ3) is 2.26. The minimum absolute atomic E-state index is 0.0700. The van der Waals surface area contributed by atoms with Gasteiger partial charge >= 0.3 is 0 Å². The predicted octanol–water partition coefficient (Wildman–Crippen LogP) is 2.49. The molecule has 1 aliphatic carbocycles. The molecule has 1 aromatic carbocycles. The van der Waals surface area contributed by atoms with Crippen molar-refractivity contribution in [2.45, 2.75) is 25.8 Å². The predicted molar refractivity (Wildman–Crippen MR) is 64.4 cm³/mol. The van der Waals surface area contributed by atoms with Crippen LogP contribution in [0.1, 0.15) is 28.8 Å². The molecule has 1 N–H and O–H groups in total. The number of aryl methyl sites for hydroxylation is 1. The van der Waals surface area contributed by atoms with E-state index in [1.807, 2.05) is 25.1 Å². The number of hydrogen-bond donors (Lipinski definition) is 1. The zero-order valence-electron chi connectivity index (χ0n) is 8.01. The minimum Gasteiger partial charge on any atom is -0.349 e. The van der Waals surface area contributed by atoms with Crippen molar-refractivity contribution in [1.29, 1.82) is 0 Å². The van der Waals surface area contributed by atoms with Crippen LogP contribution in [0, 0.1) is 10.5 Å². The highest BCUT2D eigenvalue weighted by Gasteiger charge is 2.24. The molecule has 0 unspecified atom stereocenters. The normalized spacial score (nSPS) is 15.3. The van der Waals surface area contributed by atoms with Crippen LogP contribution in [0.2, 0.25) is 0 Å². The van der Waals surface area contributed by atoms with Crippen LogP contribution >= 0.6 is 22.6 Å². The van der Waals surface area contributed by atoms with Crippen LogP contribution in [0.15, 0.2) is 18.2 Å². The Morgan fingerprint density at radius 3 is 2.86 bits per heavy atom. The average Bonchev–Trinajstić information content (AvgIpc) is 2.93. The van der Waals surface area contributed by atoms with Gasteiger partial charge in [0.05, 0.1) is 5.56 Å². The van der Waals surface area contributed by atoms with E-state index in [4.69, 9.17) is 0 Å². The van der Waals surface area contributed by atoms with Gasteiger partial charge in [-0.3, -0.25) is 4.79 Å². The molecule has 1 aliphatic rings. The first kappa shape index (κ1) is 9.96. The fraction of sp³-hybridized carbons (Fsp3) is 0.364. The van der Waals surface area contributed by atoms with Crippen molar-refractivity contribution in [2.24, 2.45) is 0 Å². The summed E-state index contributed by atoms with van der Waals surface area (Å²) in [6, 6.07) is 6.38. The van der Waals surface area contributed by atoms with Crippen LogP contribution in [-0.4, -0.2) is 11.9 Å². The summed E-state index contributed by atoms with van der Waals surface area (Å²) in [5, 5.41) is 2.99. The molecule has 14 heavy (non-hydrogen) atoms. The Morgan fingerprint density at radius 2 is 2.21 bits per heavy atom. The summed E-state index contributed by atoms with van der Waals surface area (Å²) in [6.45, 7) is 2.00. The Kier molecular flexibility index (Phi) is 2.76. The van der Waals surface area contributed by atoms with Crippen molar-refractivity contribution in [2.75, 3.05) is 0 Å². The molecular weight excluding hydrogens is 289 g/mol. The second-order valence-electron chi connectivity index (χ2n) is 3.73. The van der Waals surface area contributed by atoms with E-state index < -0.39 is 0 Å². The maximum atomic E-state index is 11.8. The maximum absolute atomic E-state index is 11.8. The van der Waals surface area contributed by atoms with E-state index in [9.17, 15) is 4.79 Å². The summed E-state index contributed by atoms with van der Waals surface area (Å²) in [7, 11) is 0. The first-order valence-electron chi connectivity index (χ1n) is 4.74. The smallest absolute Gasteiger partial charge is 0.252 e. The van der Waals surface area contributed by atoms with Crippen molar-refractivity contribution in [3.63, 3.8) is 0 Å². The van der Waals surface area contributed by atoms with Crippen molar-refractivity contribution in [1.82, 2.24) is 5.32 Å². The molecule has 0 spiro atoms. The Morgan fingerprint density at radius 1 is 1.50 bits per heavy atom. The van der Waals surface area contributed by atoms with Crippen LogP contribution < -0.4 is 5.32 Å². The highest BCUT2D eigenvalue weighted by molar-refractivity contribution is 14.1. The van der Waals surface area contributed by atoms with E-state index in [0.717, 1.165) is 27.5 Å². The molecular formula is C11H12INO. The van der Waals surface area contributed by atoms with Gasteiger partial charge in [0, 0.05) is 9.61 Å². The third-order valence-corrected chi connectivity index (χ3v) is 3.22. The van der Waals surface area contributed by atoms with Crippen LogP contribution in [0.4, 0.5) is 0 Å². The molecule has 0 bridgehead atoms. The van der Waals surface area contributed by atoms with Gasteiger partial charge in [-0.2, -0.15) is 0 Å². The SMILES string of the molecule is Cc1ccc(I)c(C(=O)NC2CC2)c1. The van der Waals surface area contributed by atoms with E-state index in [2.05, 4.69) is 27.9 Å². The minimum atomic E-state index is 0.0700. The molecule has 0 aliphatic heterocycles. The van der Waals surface area contributed by atoms with E-state index in [0.29, 0.717) is 6.04 Å². The number of rotatable bonds is 2. The lowest BCUT2D eigenvalue weighted by Crippen LogP contribution is -2.26. The van der Waals surface area contributed by atoms with Crippen LogP contribution in [0.25, 0.3) is 0 Å². The first-order valence-corrected chi connectivity index (χ1v) is 5.82.